The summed E-state index contributed by atoms with van der Waals surface area (Å²) >= 11 is 0. The van der Waals surface area contributed by atoms with Gasteiger partial charge in [-0.2, -0.15) is 0 Å². The molecule has 0 fully saturated rings. The van der Waals surface area contributed by atoms with Gasteiger partial charge >= 0.3 is 0 Å². The predicted molar refractivity (Wildman–Crippen MR) is 74.6 cm³/mol. The van der Waals surface area contributed by atoms with Crippen molar-refractivity contribution >= 4 is 10.8 Å². The van der Waals surface area contributed by atoms with Gasteiger partial charge in [-0.1, -0.05) is 49.7 Å². The first-order valence-electron chi connectivity index (χ1n) is 6.60. The van der Waals surface area contributed by atoms with Gasteiger partial charge in [0.15, 0.2) is 0 Å². The van der Waals surface area contributed by atoms with Gasteiger partial charge in [-0.25, -0.2) is 0 Å². The predicted octanol–water partition coefficient (Wildman–Crippen LogP) is 4.76. The van der Waals surface area contributed by atoms with Crippen LogP contribution in [-0.4, -0.2) is 0 Å². The van der Waals surface area contributed by atoms with Crippen LogP contribution in [0.1, 0.15) is 43.4 Å². The van der Waals surface area contributed by atoms with Gasteiger partial charge in [-0.3, -0.25) is 0 Å². The molecular weight excluding hydrogens is 204 g/mol. The summed E-state index contributed by atoms with van der Waals surface area (Å²) in [6, 6.07) is 11.6. The highest BCUT2D eigenvalue weighted by Crippen LogP contribution is 2.38. The first kappa shape index (κ1) is 10.8. The van der Waals surface area contributed by atoms with E-state index in [1.54, 1.807) is 11.1 Å². The van der Waals surface area contributed by atoms with Crippen molar-refractivity contribution < 1.29 is 0 Å². The van der Waals surface area contributed by atoms with Crippen LogP contribution in [-0.2, 0) is 11.8 Å². The minimum Gasteiger partial charge on any atom is -0.0587 e. The van der Waals surface area contributed by atoms with Crippen LogP contribution in [0.25, 0.3) is 10.8 Å². The largest absolute Gasteiger partial charge is 0.0587 e. The molecule has 1 aliphatic carbocycles. The van der Waals surface area contributed by atoms with E-state index in [9.17, 15) is 0 Å². The van der Waals surface area contributed by atoms with Crippen LogP contribution in [0.15, 0.2) is 30.3 Å². The molecule has 0 unspecified atom stereocenters. The normalized spacial score (nSPS) is 18.1. The van der Waals surface area contributed by atoms with E-state index >= 15 is 0 Å². The summed E-state index contributed by atoms with van der Waals surface area (Å²) in [6.45, 7) is 6.93. The van der Waals surface area contributed by atoms with E-state index in [1.807, 2.05) is 0 Å². The van der Waals surface area contributed by atoms with Gasteiger partial charge in [0.1, 0.15) is 0 Å². The first-order valence-corrected chi connectivity index (χ1v) is 6.60. The van der Waals surface area contributed by atoms with Crippen molar-refractivity contribution in [3.05, 3.63) is 47.0 Å². The molecule has 17 heavy (non-hydrogen) atoms. The summed E-state index contributed by atoms with van der Waals surface area (Å²) in [5.74, 6) is 0. The van der Waals surface area contributed by atoms with Crippen molar-refractivity contribution in [3.8, 4) is 0 Å². The van der Waals surface area contributed by atoms with Crippen molar-refractivity contribution in [2.75, 3.05) is 0 Å². The summed E-state index contributed by atoms with van der Waals surface area (Å²) in [4.78, 5) is 0. The maximum atomic E-state index is 2.42. The van der Waals surface area contributed by atoms with E-state index in [-0.39, 0.29) is 0 Å². The standard InChI is InChI=1S/C17H20/c1-12-6-7-13-11-16-14(10-15(13)9-12)5-4-8-17(16,2)3/h6-7,9-11H,4-5,8H2,1-3H3. The lowest BCUT2D eigenvalue weighted by Crippen LogP contribution is -2.23. The lowest BCUT2D eigenvalue weighted by atomic mass is 9.72. The Balaban J connectivity index is 2.28. The molecule has 0 aromatic heterocycles. The molecule has 0 saturated carbocycles. The van der Waals surface area contributed by atoms with Gasteiger partial charge in [-0.05, 0) is 53.5 Å². The number of fused-ring (bicyclic) bond motifs is 2. The second-order valence-corrected chi connectivity index (χ2v) is 6.10. The Morgan fingerprint density at radius 2 is 1.82 bits per heavy atom. The minimum atomic E-state index is 0.354. The fraction of sp³-hybridized carbons (Fsp3) is 0.412. The van der Waals surface area contributed by atoms with Crippen molar-refractivity contribution in [1.29, 1.82) is 0 Å². The molecule has 88 valence electrons. The van der Waals surface area contributed by atoms with Crippen LogP contribution >= 0.6 is 0 Å². The number of hydrogen-bond acceptors (Lipinski definition) is 0. The van der Waals surface area contributed by atoms with Gasteiger partial charge in [0.2, 0.25) is 0 Å². The average molecular weight is 224 g/mol. The number of benzene rings is 2. The van der Waals surface area contributed by atoms with Gasteiger partial charge in [-0.15, -0.1) is 0 Å². The van der Waals surface area contributed by atoms with E-state index in [2.05, 4.69) is 51.1 Å². The topological polar surface area (TPSA) is 0 Å². The van der Waals surface area contributed by atoms with Crippen molar-refractivity contribution in [3.63, 3.8) is 0 Å². The van der Waals surface area contributed by atoms with E-state index in [4.69, 9.17) is 0 Å². The lowest BCUT2D eigenvalue weighted by molar-refractivity contribution is 0.432. The third-order valence-corrected chi connectivity index (χ3v) is 4.19. The van der Waals surface area contributed by atoms with Gasteiger partial charge in [0.25, 0.3) is 0 Å². The summed E-state index contributed by atoms with van der Waals surface area (Å²) in [7, 11) is 0. The maximum absolute atomic E-state index is 2.42. The number of rotatable bonds is 0. The van der Waals surface area contributed by atoms with Crippen LogP contribution in [0.2, 0.25) is 0 Å². The van der Waals surface area contributed by atoms with Crippen LogP contribution in [0.3, 0.4) is 0 Å². The maximum Gasteiger partial charge on any atom is -0.0100 e. The highest BCUT2D eigenvalue weighted by Gasteiger charge is 2.27. The molecule has 3 rings (SSSR count). The van der Waals surface area contributed by atoms with Crippen molar-refractivity contribution in [2.24, 2.45) is 0 Å². The molecule has 0 N–H and O–H groups in total. The molecule has 2 aromatic rings. The molecule has 1 aliphatic rings. The second kappa shape index (κ2) is 3.60. The highest BCUT2D eigenvalue weighted by molar-refractivity contribution is 5.85. The molecule has 0 nitrogen and oxygen atoms in total. The zero-order valence-electron chi connectivity index (χ0n) is 11.0. The van der Waals surface area contributed by atoms with E-state index in [0.717, 1.165) is 0 Å². The molecular formula is C17H20. The van der Waals surface area contributed by atoms with Crippen LogP contribution in [0, 0.1) is 6.92 Å². The summed E-state index contributed by atoms with van der Waals surface area (Å²) in [5, 5.41) is 2.80. The van der Waals surface area contributed by atoms with E-state index < -0.39 is 0 Å². The molecule has 0 amide bonds. The van der Waals surface area contributed by atoms with Gasteiger partial charge in [0.05, 0.1) is 0 Å². The van der Waals surface area contributed by atoms with Gasteiger partial charge in [0, 0.05) is 0 Å². The van der Waals surface area contributed by atoms with Crippen LogP contribution in [0.5, 0.6) is 0 Å². The Morgan fingerprint density at radius 3 is 2.65 bits per heavy atom. The summed E-state index contributed by atoms with van der Waals surface area (Å²) in [5.41, 5.74) is 4.85. The fourth-order valence-electron chi connectivity index (χ4n) is 3.16. The molecule has 0 heteroatoms. The van der Waals surface area contributed by atoms with Crippen molar-refractivity contribution in [1.82, 2.24) is 0 Å². The first-order chi connectivity index (χ1) is 8.06. The molecule has 0 spiro atoms. The molecule has 0 aliphatic heterocycles. The Morgan fingerprint density at radius 1 is 1.00 bits per heavy atom. The second-order valence-electron chi connectivity index (χ2n) is 6.10. The summed E-state index contributed by atoms with van der Waals surface area (Å²) < 4.78 is 0. The average Bonchev–Trinajstić information content (AvgIpc) is 2.26. The van der Waals surface area contributed by atoms with Gasteiger partial charge < -0.3 is 0 Å². The third kappa shape index (κ3) is 1.76. The zero-order chi connectivity index (χ0) is 12.0. The Labute approximate surface area is 104 Å². The Hall–Kier alpha value is -1.30. The molecule has 0 bridgehead atoms. The quantitative estimate of drug-likeness (QED) is 0.605. The van der Waals surface area contributed by atoms with Crippen LogP contribution < -0.4 is 0 Å². The fourth-order valence-corrected chi connectivity index (χ4v) is 3.16. The molecule has 0 heterocycles. The zero-order valence-corrected chi connectivity index (χ0v) is 11.0. The third-order valence-electron chi connectivity index (χ3n) is 4.19. The Bertz CT molecular complexity index is 576. The van der Waals surface area contributed by atoms with Crippen LogP contribution in [0.4, 0.5) is 0 Å². The highest BCUT2D eigenvalue weighted by atomic mass is 14.3. The smallest absolute Gasteiger partial charge is 0.0100 e. The number of aryl methyl sites for hydroxylation is 2. The lowest BCUT2D eigenvalue weighted by Gasteiger charge is -2.33. The summed E-state index contributed by atoms with van der Waals surface area (Å²) in [6.07, 6.45) is 3.90. The molecule has 0 radical (unpaired) electrons. The molecule has 2 aromatic carbocycles. The minimum absolute atomic E-state index is 0.354. The molecule has 0 atom stereocenters. The Kier molecular flexibility index (Phi) is 2.29. The molecule has 0 saturated heterocycles. The number of hydrogen-bond donors (Lipinski definition) is 0. The SMILES string of the molecule is Cc1ccc2cc3c(cc2c1)CCCC3(C)C. The van der Waals surface area contributed by atoms with E-state index in [0.29, 0.717) is 5.41 Å². The van der Waals surface area contributed by atoms with Crippen molar-refractivity contribution in [2.45, 2.75) is 45.4 Å². The van der Waals surface area contributed by atoms with E-state index in [1.165, 1.54) is 35.6 Å². The monoisotopic (exact) mass is 224 g/mol.